The molecule has 0 spiro atoms. The second-order valence-electron chi connectivity index (χ2n) is 3.70. The Morgan fingerprint density at radius 1 is 1.31 bits per heavy atom. The van der Waals surface area contributed by atoms with Gasteiger partial charge in [0.15, 0.2) is 0 Å². The third kappa shape index (κ3) is 4.98. The Balaban J connectivity index is 2.23. The lowest BCUT2D eigenvalue weighted by Crippen LogP contribution is -2.01. The first kappa shape index (κ1) is 12.8. The minimum Gasteiger partial charge on any atom is -0.549 e. The highest BCUT2D eigenvalue weighted by Crippen LogP contribution is 2.15. The van der Waals surface area contributed by atoms with Crippen LogP contribution >= 0.6 is 0 Å². The van der Waals surface area contributed by atoms with Gasteiger partial charge in [-0.25, -0.2) is 0 Å². The molecule has 88 valence electrons. The molecule has 0 saturated heterocycles. The van der Waals surface area contributed by atoms with Crippen molar-refractivity contribution in [3.8, 4) is 5.75 Å². The molecule has 16 heavy (non-hydrogen) atoms. The van der Waals surface area contributed by atoms with Crippen LogP contribution in [0.5, 0.6) is 5.75 Å². The topological polar surface area (TPSA) is 38.3 Å². The molecule has 1 amide bonds. The van der Waals surface area contributed by atoms with Gasteiger partial charge in [0, 0.05) is 5.69 Å². The maximum atomic E-state index is 10.2. The van der Waals surface area contributed by atoms with Crippen molar-refractivity contribution in [1.29, 1.82) is 0 Å². The summed E-state index contributed by atoms with van der Waals surface area (Å²) in [5.74, 6) is 0.916. The standard InChI is InChI=1S/C12H19NO2Si/c1-2-3-4-9-16-15-12-7-5-11(6-8-12)13-10-14/h5-8,10H,2-4,9,16H2,1H3,(H,13,14). The maximum Gasteiger partial charge on any atom is 0.219 e. The van der Waals surface area contributed by atoms with Crippen LogP contribution in [0.1, 0.15) is 26.2 Å². The lowest BCUT2D eigenvalue weighted by molar-refractivity contribution is -0.105. The van der Waals surface area contributed by atoms with Crippen LogP contribution < -0.4 is 9.74 Å². The summed E-state index contributed by atoms with van der Waals surface area (Å²) in [6.45, 7) is 2.21. The van der Waals surface area contributed by atoms with Crippen LogP contribution in [-0.2, 0) is 4.79 Å². The Hall–Kier alpha value is -1.29. The zero-order valence-corrected chi connectivity index (χ0v) is 11.2. The van der Waals surface area contributed by atoms with E-state index in [4.69, 9.17) is 4.43 Å². The van der Waals surface area contributed by atoms with Crippen molar-refractivity contribution in [2.75, 3.05) is 5.32 Å². The van der Waals surface area contributed by atoms with Gasteiger partial charge in [0.1, 0.15) is 5.75 Å². The van der Waals surface area contributed by atoms with Crippen molar-refractivity contribution >= 4 is 21.9 Å². The van der Waals surface area contributed by atoms with Crippen molar-refractivity contribution in [2.24, 2.45) is 0 Å². The fourth-order valence-corrected chi connectivity index (χ4v) is 2.56. The number of carbonyl (C=O) groups is 1. The van der Waals surface area contributed by atoms with Crippen molar-refractivity contribution in [2.45, 2.75) is 32.2 Å². The molecule has 0 radical (unpaired) electrons. The number of anilines is 1. The minimum atomic E-state index is -0.421. The third-order valence-corrected chi connectivity index (χ3v) is 3.67. The summed E-state index contributed by atoms with van der Waals surface area (Å²) < 4.78 is 5.71. The SMILES string of the molecule is CCCCC[SiH2]Oc1ccc(NC=O)cc1. The van der Waals surface area contributed by atoms with E-state index in [9.17, 15) is 4.79 Å². The minimum absolute atomic E-state index is 0.421. The molecule has 1 aromatic carbocycles. The van der Waals surface area contributed by atoms with E-state index in [1.54, 1.807) is 0 Å². The van der Waals surface area contributed by atoms with E-state index in [1.807, 2.05) is 24.3 Å². The van der Waals surface area contributed by atoms with Crippen LogP contribution in [-0.4, -0.2) is 16.2 Å². The number of nitrogens with one attached hydrogen (secondary N) is 1. The Kier molecular flexibility index (Phi) is 6.33. The van der Waals surface area contributed by atoms with Crippen LogP contribution in [0.3, 0.4) is 0 Å². The molecule has 3 nitrogen and oxygen atoms in total. The Labute approximate surface area is 99.1 Å². The van der Waals surface area contributed by atoms with Gasteiger partial charge in [-0.05, 0) is 30.3 Å². The second kappa shape index (κ2) is 7.93. The average Bonchev–Trinajstić information content (AvgIpc) is 2.31. The largest absolute Gasteiger partial charge is 0.549 e. The Morgan fingerprint density at radius 3 is 2.69 bits per heavy atom. The Bertz CT molecular complexity index is 300. The van der Waals surface area contributed by atoms with E-state index >= 15 is 0 Å². The van der Waals surface area contributed by atoms with Gasteiger partial charge in [0.2, 0.25) is 16.2 Å². The van der Waals surface area contributed by atoms with E-state index in [0.717, 1.165) is 11.4 Å². The lowest BCUT2D eigenvalue weighted by atomic mass is 10.3. The monoisotopic (exact) mass is 237 g/mol. The van der Waals surface area contributed by atoms with Crippen molar-refractivity contribution in [3.05, 3.63) is 24.3 Å². The molecular formula is C12H19NO2Si. The van der Waals surface area contributed by atoms with E-state index < -0.39 is 9.76 Å². The number of hydrogen-bond donors (Lipinski definition) is 1. The molecule has 0 fully saturated rings. The summed E-state index contributed by atoms with van der Waals surface area (Å²) in [7, 11) is -0.421. The van der Waals surface area contributed by atoms with Gasteiger partial charge in [0.05, 0.1) is 0 Å². The van der Waals surface area contributed by atoms with Crippen LogP contribution in [0.15, 0.2) is 24.3 Å². The summed E-state index contributed by atoms with van der Waals surface area (Å²) in [6, 6.07) is 8.74. The van der Waals surface area contributed by atoms with Crippen LogP contribution in [0.2, 0.25) is 6.04 Å². The van der Waals surface area contributed by atoms with Gasteiger partial charge in [-0.15, -0.1) is 0 Å². The molecule has 0 aromatic heterocycles. The molecule has 0 unspecified atom stereocenters. The molecule has 1 aromatic rings. The zero-order valence-electron chi connectivity index (χ0n) is 9.74. The fraction of sp³-hybridized carbons (Fsp3) is 0.417. The molecule has 0 bridgehead atoms. The first-order chi connectivity index (χ1) is 7.86. The highest BCUT2D eigenvalue weighted by atomic mass is 28.2. The van der Waals surface area contributed by atoms with Crippen molar-refractivity contribution in [1.82, 2.24) is 0 Å². The van der Waals surface area contributed by atoms with Gasteiger partial charge in [-0.1, -0.05) is 26.2 Å². The highest BCUT2D eigenvalue weighted by Gasteiger charge is 1.95. The molecular weight excluding hydrogens is 218 g/mol. The smallest absolute Gasteiger partial charge is 0.219 e. The van der Waals surface area contributed by atoms with E-state index in [1.165, 1.54) is 25.3 Å². The van der Waals surface area contributed by atoms with Crippen molar-refractivity contribution < 1.29 is 9.22 Å². The van der Waals surface area contributed by atoms with Crippen LogP contribution in [0, 0.1) is 0 Å². The lowest BCUT2D eigenvalue weighted by Gasteiger charge is -2.06. The molecule has 0 aliphatic heterocycles. The van der Waals surface area contributed by atoms with Gasteiger partial charge >= 0.3 is 0 Å². The Morgan fingerprint density at radius 2 is 2.06 bits per heavy atom. The average molecular weight is 237 g/mol. The van der Waals surface area contributed by atoms with Crippen molar-refractivity contribution in [3.63, 3.8) is 0 Å². The molecule has 0 saturated carbocycles. The molecule has 1 rings (SSSR count). The number of carbonyl (C=O) groups excluding carboxylic acids is 1. The third-order valence-electron chi connectivity index (χ3n) is 2.35. The number of amides is 1. The number of hydrogen-bond acceptors (Lipinski definition) is 2. The van der Waals surface area contributed by atoms with Gasteiger partial charge in [-0.3, -0.25) is 4.79 Å². The van der Waals surface area contributed by atoms with Gasteiger partial charge < -0.3 is 9.74 Å². The predicted molar refractivity (Wildman–Crippen MR) is 69.6 cm³/mol. The summed E-state index contributed by atoms with van der Waals surface area (Å²) in [5.41, 5.74) is 0.801. The summed E-state index contributed by atoms with van der Waals surface area (Å²) in [6.07, 6.45) is 4.53. The fourth-order valence-electron chi connectivity index (χ4n) is 1.43. The number of rotatable bonds is 8. The predicted octanol–water partition coefficient (Wildman–Crippen LogP) is 2.33. The molecule has 1 N–H and O–H groups in total. The number of benzene rings is 1. The number of unbranched alkanes of at least 4 members (excludes halogenated alkanes) is 2. The first-order valence-corrected chi connectivity index (χ1v) is 7.37. The second-order valence-corrected chi connectivity index (χ2v) is 5.10. The van der Waals surface area contributed by atoms with E-state index in [-0.39, 0.29) is 0 Å². The zero-order chi connectivity index (χ0) is 11.6. The van der Waals surface area contributed by atoms with E-state index in [0.29, 0.717) is 6.41 Å². The molecule has 0 aliphatic carbocycles. The van der Waals surface area contributed by atoms with Crippen LogP contribution in [0.25, 0.3) is 0 Å². The quantitative estimate of drug-likeness (QED) is 0.428. The van der Waals surface area contributed by atoms with Gasteiger partial charge in [-0.2, -0.15) is 0 Å². The molecule has 0 aliphatic rings. The van der Waals surface area contributed by atoms with E-state index in [2.05, 4.69) is 12.2 Å². The molecule has 0 atom stereocenters. The normalized spacial score (nSPS) is 10.6. The van der Waals surface area contributed by atoms with Gasteiger partial charge in [0.25, 0.3) is 0 Å². The summed E-state index contributed by atoms with van der Waals surface area (Å²) in [5, 5.41) is 2.59. The molecule has 0 heterocycles. The summed E-state index contributed by atoms with van der Waals surface area (Å²) in [4.78, 5) is 10.2. The summed E-state index contributed by atoms with van der Waals surface area (Å²) >= 11 is 0. The maximum absolute atomic E-state index is 10.2. The first-order valence-electron chi connectivity index (χ1n) is 5.80. The highest BCUT2D eigenvalue weighted by molar-refractivity contribution is 6.28. The van der Waals surface area contributed by atoms with Crippen LogP contribution in [0.4, 0.5) is 5.69 Å². The molecule has 4 heteroatoms.